The lowest BCUT2D eigenvalue weighted by atomic mass is 10.2. The molecule has 0 spiro atoms. The molecule has 1 heterocycles. The van der Waals surface area contributed by atoms with E-state index in [2.05, 4.69) is 27.2 Å². The van der Waals surface area contributed by atoms with Crippen molar-refractivity contribution < 1.29 is 4.74 Å². The third kappa shape index (κ3) is 3.40. The number of likely N-dealkylation sites (N-methyl/N-ethyl adjacent to an activating group) is 1. The predicted octanol–water partition coefficient (Wildman–Crippen LogP) is 0.955. The molecule has 5 nitrogen and oxygen atoms in total. The highest BCUT2D eigenvalue weighted by atomic mass is 16.5. The summed E-state index contributed by atoms with van der Waals surface area (Å²) in [5.74, 6) is 1.03. The van der Waals surface area contributed by atoms with Crippen LogP contribution in [0.5, 0.6) is 0 Å². The molecule has 0 saturated carbocycles. The molecule has 0 radical (unpaired) electrons. The number of hydrogen-bond acceptors (Lipinski definition) is 5. The van der Waals surface area contributed by atoms with Crippen LogP contribution in [0.25, 0.3) is 0 Å². The molecule has 1 aliphatic carbocycles. The van der Waals surface area contributed by atoms with E-state index in [0.29, 0.717) is 0 Å². The number of ether oxygens (including phenoxy) is 1. The van der Waals surface area contributed by atoms with Gasteiger partial charge in [0.25, 0.3) is 0 Å². The predicted molar refractivity (Wildman–Crippen MR) is 71.9 cm³/mol. The molecule has 0 bridgehead atoms. The van der Waals surface area contributed by atoms with Crippen molar-refractivity contribution in [2.24, 2.45) is 0 Å². The summed E-state index contributed by atoms with van der Waals surface area (Å²) in [6.45, 7) is 3.63. The lowest BCUT2D eigenvalue weighted by Gasteiger charge is -2.17. The molecule has 0 amide bonds. The van der Waals surface area contributed by atoms with Gasteiger partial charge in [0.1, 0.15) is 12.1 Å². The van der Waals surface area contributed by atoms with Gasteiger partial charge >= 0.3 is 0 Å². The fourth-order valence-electron chi connectivity index (χ4n) is 2.24. The number of methoxy groups -OCH3 is 1. The zero-order valence-corrected chi connectivity index (χ0v) is 11.3. The number of hydrogen-bond donors (Lipinski definition) is 1. The largest absolute Gasteiger partial charge is 0.383 e. The standard InChI is InChI=1S/C13H22N4O/c1-17(8-9-18-2)7-6-14-13-11-4-3-5-12(11)15-10-16-13/h10H,3-9H2,1-2H3,(H,14,15,16). The van der Waals surface area contributed by atoms with Crippen LogP contribution in [0.4, 0.5) is 5.82 Å². The molecule has 5 heteroatoms. The summed E-state index contributed by atoms with van der Waals surface area (Å²) >= 11 is 0. The third-order valence-corrected chi connectivity index (χ3v) is 3.34. The smallest absolute Gasteiger partial charge is 0.132 e. The number of rotatable bonds is 7. The first kappa shape index (κ1) is 13.2. The van der Waals surface area contributed by atoms with Gasteiger partial charge in [-0.2, -0.15) is 0 Å². The van der Waals surface area contributed by atoms with Gasteiger partial charge in [-0.3, -0.25) is 0 Å². The quantitative estimate of drug-likeness (QED) is 0.781. The lowest BCUT2D eigenvalue weighted by molar-refractivity contribution is 0.163. The minimum Gasteiger partial charge on any atom is -0.383 e. The van der Waals surface area contributed by atoms with Crippen molar-refractivity contribution in [3.63, 3.8) is 0 Å². The first-order chi connectivity index (χ1) is 8.81. The number of nitrogens with zero attached hydrogens (tertiary/aromatic N) is 3. The summed E-state index contributed by atoms with van der Waals surface area (Å²) in [4.78, 5) is 10.9. The molecule has 1 aromatic rings. The summed E-state index contributed by atoms with van der Waals surface area (Å²) in [6, 6.07) is 0. The van der Waals surface area contributed by atoms with Gasteiger partial charge in [0, 0.05) is 38.0 Å². The molecule has 1 aromatic heterocycles. The van der Waals surface area contributed by atoms with E-state index in [-0.39, 0.29) is 0 Å². The maximum absolute atomic E-state index is 5.05. The Morgan fingerprint density at radius 2 is 2.22 bits per heavy atom. The van der Waals surface area contributed by atoms with Crippen LogP contribution >= 0.6 is 0 Å². The number of nitrogens with one attached hydrogen (secondary N) is 1. The Hall–Kier alpha value is -1.20. The van der Waals surface area contributed by atoms with Gasteiger partial charge < -0.3 is 15.0 Å². The van der Waals surface area contributed by atoms with E-state index in [1.54, 1.807) is 13.4 Å². The Balaban J connectivity index is 1.79. The van der Waals surface area contributed by atoms with Crippen LogP contribution in [0.3, 0.4) is 0 Å². The average Bonchev–Trinajstić information content (AvgIpc) is 2.85. The highest BCUT2D eigenvalue weighted by Crippen LogP contribution is 2.24. The molecule has 0 aliphatic heterocycles. The van der Waals surface area contributed by atoms with Crippen molar-refractivity contribution >= 4 is 5.82 Å². The average molecular weight is 250 g/mol. The molecule has 0 unspecified atom stereocenters. The Labute approximate surface area is 109 Å². The van der Waals surface area contributed by atoms with Crippen LogP contribution in [0.1, 0.15) is 17.7 Å². The Bertz CT molecular complexity index is 383. The van der Waals surface area contributed by atoms with E-state index in [4.69, 9.17) is 4.74 Å². The first-order valence-corrected chi connectivity index (χ1v) is 6.55. The molecule has 1 aliphatic rings. The van der Waals surface area contributed by atoms with Gasteiger partial charge in [0.05, 0.1) is 6.61 Å². The van der Waals surface area contributed by atoms with Gasteiger partial charge in [-0.05, 0) is 26.3 Å². The minimum absolute atomic E-state index is 0.777. The molecule has 1 N–H and O–H groups in total. The van der Waals surface area contributed by atoms with Crippen molar-refractivity contribution in [2.45, 2.75) is 19.3 Å². The van der Waals surface area contributed by atoms with Crippen molar-refractivity contribution in [1.29, 1.82) is 0 Å². The van der Waals surface area contributed by atoms with Gasteiger partial charge in [-0.1, -0.05) is 0 Å². The number of fused-ring (bicyclic) bond motifs is 1. The van der Waals surface area contributed by atoms with Crippen molar-refractivity contribution in [3.8, 4) is 0 Å². The second-order valence-corrected chi connectivity index (χ2v) is 4.72. The molecule has 0 fully saturated rings. The monoisotopic (exact) mass is 250 g/mol. The maximum atomic E-state index is 5.05. The lowest BCUT2D eigenvalue weighted by Crippen LogP contribution is -2.28. The molecular formula is C13H22N4O. The molecule has 18 heavy (non-hydrogen) atoms. The molecule has 100 valence electrons. The normalized spacial score (nSPS) is 13.9. The van der Waals surface area contributed by atoms with Crippen molar-refractivity contribution in [3.05, 3.63) is 17.6 Å². The first-order valence-electron chi connectivity index (χ1n) is 6.55. The topological polar surface area (TPSA) is 50.3 Å². The number of anilines is 1. The molecule has 0 saturated heterocycles. The number of aromatic nitrogens is 2. The fourth-order valence-corrected chi connectivity index (χ4v) is 2.24. The summed E-state index contributed by atoms with van der Waals surface area (Å²) < 4.78 is 5.05. The fraction of sp³-hybridized carbons (Fsp3) is 0.692. The summed E-state index contributed by atoms with van der Waals surface area (Å²) in [5.41, 5.74) is 2.54. The van der Waals surface area contributed by atoms with E-state index >= 15 is 0 Å². The van der Waals surface area contributed by atoms with Crippen molar-refractivity contribution in [1.82, 2.24) is 14.9 Å². The summed E-state index contributed by atoms with van der Waals surface area (Å²) in [6.07, 6.45) is 5.08. The van der Waals surface area contributed by atoms with Gasteiger partial charge in [0.2, 0.25) is 0 Å². The third-order valence-electron chi connectivity index (χ3n) is 3.34. The zero-order chi connectivity index (χ0) is 12.8. The zero-order valence-electron chi connectivity index (χ0n) is 11.3. The maximum Gasteiger partial charge on any atom is 0.132 e. The van der Waals surface area contributed by atoms with Crippen LogP contribution < -0.4 is 5.32 Å². The van der Waals surface area contributed by atoms with Crippen LogP contribution in [0.2, 0.25) is 0 Å². The van der Waals surface area contributed by atoms with Gasteiger partial charge in [-0.25, -0.2) is 9.97 Å². The van der Waals surface area contributed by atoms with E-state index in [1.807, 2.05) is 0 Å². The van der Waals surface area contributed by atoms with Gasteiger partial charge in [-0.15, -0.1) is 0 Å². The van der Waals surface area contributed by atoms with E-state index in [9.17, 15) is 0 Å². The molecule has 0 atom stereocenters. The van der Waals surface area contributed by atoms with E-state index in [0.717, 1.165) is 44.9 Å². The van der Waals surface area contributed by atoms with Crippen LogP contribution in [0.15, 0.2) is 6.33 Å². The summed E-state index contributed by atoms with van der Waals surface area (Å²) in [7, 11) is 3.83. The van der Waals surface area contributed by atoms with E-state index < -0.39 is 0 Å². The van der Waals surface area contributed by atoms with Crippen LogP contribution in [-0.4, -0.2) is 55.3 Å². The molecule has 2 rings (SSSR count). The highest BCUT2D eigenvalue weighted by molar-refractivity contribution is 5.47. The Morgan fingerprint density at radius 1 is 1.33 bits per heavy atom. The number of aryl methyl sites for hydroxylation is 1. The van der Waals surface area contributed by atoms with Crippen LogP contribution in [-0.2, 0) is 17.6 Å². The second-order valence-electron chi connectivity index (χ2n) is 4.72. The van der Waals surface area contributed by atoms with Gasteiger partial charge in [0.15, 0.2) is 0 Å². The molecular weight excluding hydrogens is 228 g/mol. The Morgan fingerprint density at radius 3 is 3.06 bits per heavy atom. The Kier molecular flexibility index (Phi) is 4.90. The van der Waals surface area contributed by atoms with Crippen LogP contribution in [0, 0.1) is 0 Å². The second kappa shape index (κ2) is 6.66. The van der Waals surface area contributed by atoms with E-state index in [1.165, 1.54) is 17.7 Å². The highest BCUT2D eigenvalue weighted by Gasteiger charge is 2.16. The summed E-state index contributed by atoms with van der Waals surface area (Å²) in [5, 5.41) is 3.42. The minimum atomic E-state index is 0.777. The SMILES string of the molecule is COCCN(C)CCNc1ncnc2c1CCC2. The molecule has 0 aromatic carbocycles. The van der Waals surface area contributed by atoms with Crippen molar-refractivity contribution in [2.75, 3.05) is 45.7 Å².